The van der Waals surface area contributed by atoms with Crippen LogP contribution in [-0.4, -0.2) is 9.97 Å². The smallest absolute Gasteiger partial charge is 0.123 e. The Balaban J connectivity index is 0.842. The Bertz CT molecular complexity index is 3450. The molecule has 0 fully saturated rings. The maximum atomic E-state index is 5.06. The number of nitrogens with zero attached hydrogens (tertiary/aromatic N) is 2. The van der Waals surface area contributed by atoms with Crippen LogP contribution in [0.25, 0.3) is 105 Å². The quantitative estimate of drug-likeness (QED) is 0.0361. The van der Waals surface area contributed by atoms with Crippen LogP contribution < -0.4 is 0 Å². The summed E-state index contributed by atoms with van der Waals surface area (Å²) in [4.78, 5) is 18.1. The summed E-state index contributed by atoms with van der Waals surface area (Å²) < 4.78 is 0. The van der Waals surface area contributed by atoms with Gasteiger partial charge in [0.25, 0.3) is 0 Å². The molecular formula is C72H76N2S4. The third-order valence-corrected chi connectivity index (χ3v) is 21.0. The number of thiazole rings is 2. The van der Waals surface area contributed by atoms with Crippen molar-refractivity contribution in [3.05, 3.63) is 169 Å². The van der Waals surface area contributed by atoms with E-state index in [9.17, 15) is 0 Å². The SMILES string of the molecule is CCCCCCCCCCCCc1cc(-c2cnc(-c3ccc4cc5ccccc5cc4c3)s2)sc1-c1ccc(-c2sc(-c3cnc(-c4ccc5cc6ccccc6cc5c4)s3)cc2CCCCCCCCCCCC)cc1. The van der Waals surface area contributed by atoms with E-state index < -0.39 is 0 Å². The van der Waals surface area contributed by atoms with E-state index in [0.29, 0.717) is 0 Å². The van der Waals surface area contributed by atoms with Crippen LogP contribution in [0.4, 0.5) is 0 Å². The molecule has 6 heteroatoms. The second-order valence-corrected chi connectivity index (χ2v) is 26.1. The molecular weight excluding hydrogens is 1020 g/mol. The van der Waals surface area contributed by atoms with Gasteiger partial charge in [0.05, 0.1) is 9.75 Å². The predicted molar refractivity (Wildman–Crippen MR) is 347 cm³/mol. The van der Waals surface area contributed by atoms with Gasteiger partial charge in [-0.1, -0.05) is 226 Å². The zero-order chi connectivity index (χ0) is 52.9. The zero-order valence-electron chi connectivity index (χ0n) is 46.1. The maximum absolute atomic E-state index is 5.06. The van der Waals surface area contributed by atoms with Gasteiger partial charge in [-0.2, -0.15) is 0 Å². The first-order valence-electron chi connectivity index (χ1n) is 29.7. The third-order valence-electron chi connectivity index (χ3n) is 16.0. The summed E-state index contributed by atoms with van der Waals surface area (Å²) in [5.41, 5.74) is 7.99. The van der Waals surface area contributed by atoms with E-state index in [2.05, 4.69) is 172 Å². The van der Waals surface area contributed by atoms with Crippen molar-refractivity contribution in [3.63, 3.8) is 0 Å². The summed E-state index contributed by atoms with van der Waals surface area (Å²) in [6.45, 7) is 4.62. The van der Waals surface area contributed by atoms with E-state index in [1.165, 1.54) is 234 Å². The van der Waals surface area contributed by atoms with Crippen molar-refractivity contribution >= 4 is 88.4 Å². The molecule has 11 rings (SSSR count). The highest BCUT2D eigenvalue weighted by atomic mass is 32.1. The number of aryl methyl sites for hydroxylation is 2. The Morgan fingerprint density at radius 3 is 0.974 bits per heavy atom. The van der Waals surface area contributed by atoms with Gasteiger partial charge in [0.1, 0.15) is 10.0 Å². The number of unbranched alkanes of at least 4 members (excludes halogenated alkanes) is 18. The Kier molecular flexibility index (Phi) is 18.7. The number of hydrogen-bond donors (Lipinski definition) is 0. The van der Waals surface area contributed by atoms with Crippen LogP contribution in [0.5, 0.6) is 0 Å². The van der Waals surface area contributed by atoms with Crippen LogP contribution in [0.15, 0.2) is 158 Å². The van der Waals surface area contributed by atoms with E-state index in [1.54, 1.807) is 0 Å². The van der Waals surface area contributed by atoms with Crippen molar-refractivity contribution < 1.29 is 0 Å². The molecule has 11 aromatic rings. The van der Waals surface area contributed by atoms with Crippen molar-refractivity contribution in [1.82, 2.24) is 9.97 Å². The molecule has 0 radical (unpaired) electrons. The molecule has 0 aliphatic carbocycles. The Hall–Kier alpha value is -5.76. The summed E-state index contributed by atoms with van der Waals surface area (Å²) in [6.07, 6.45) is 33.5. The van der Waals surface area contributed by atoms with Crippen molar-refractivity contribution in [3.8, 4) is 61.5 Å². The minimum atomic E-state index is 1.08. The molecule has 4 heterocycles. The fraction of sp³-hybridized carbons (Fsp3) is 0.333. The summed E-state index contributed by atoms with van der Waals surface area (Å²) >= 11 is 7.57. The van der Waals surface area contributed by atoms with Crippen LogP contribution >= 0.6 is 45.3 Å². The molecule has 0 amide bonds. The van der Waals surface area contributed by atoms with Crippen LogP contribution in [0, 0.1) is 0 Å². The second-order valence-electron chi connectivity index (χ2n) is 22.0. The van der Waals surface area contributed by atoms with Crippen molar-refractivity contribution in [2.45, 2.75) is 155 Å². The van der Waals surface area contributed by atoms with Gasteiger partial charge in [0, 0.05) is 43.0 Å². The lowest BCUT2D eigenvalue weighted by Gasteiger charge is -2.08. The van der Waals surface area contributed by atoms with Crippen molar-refractivity contribution in [1.29, 1.82) is 0 Å². The molecule has 2 nitrogen and oxygen atoms in total. The van der Waals surface area contributed by atoms with Crippen LogP contribution in [0.2, 0.25) is 0 Å². The molecule has 0 aliphatic heterocycles. The maximum Gasteiger partial charge on any atom is 0.123 e. The predicted octanol–water partition coefficient (Wildman–Crippen LogP) is 24.3. The minimum Gasteiger partial charge on any atom is -0.244 e. The van der Waals surface area contributed by atoms with Gasteiger partial charge in [-0.15, -0.1) is 45.3 Å². The minimum absolute atomic E-state index is 1.08. The lowest BCUT2D eigenvalue weighted by molar-refractivity contribution is 0.556. The van der Waals surface area contributed by atoms with Crippen LogP contribution in [-0.2, 0) is 12.8 Å². The number of thiophene rings is 2. The first kappa shape index (κ1) is 54.2. The Morgan fingerprint density at radius 1 is 0.282 bits per heavy atom. The highest BCUT2D eigenvalue weighted by Crippen LogP contribution is 2.46. The number of rotatable bonds is 28. The first-order valence-corrected chi connectivity index (χ1v) is 33.0. The molecule has 7 aromatic carbocycles. The number of benzene rings is 7. The average molecular weight is 1100 g/mol. The number of hydrogen-bond acceptors (Lipinski definition) is 6. The van der Waals surface area contributed by atoms with Gasteiger partial charge in [0.2, 0.25) is 0 Å². The molecule has 0 atom stereocenters. The number of fused-ring (bicyclic) bond motifs is 4. The monoisotopic (exact) mass is 1100 g/mol. The Morgan fingerprint density at radius 2 is 0.603 bits per heavy atom. The zero-order valence-corrected chi connectivity index (χ0v) is 49.4. The molecule has 78 heavy (non-hydrogen) atoms. The van der Waals surface area contributed by atoms with Gasteiger partial charge >= 0.3 is 0 Å². The average Bonchev–Trinajstić information content (AvgIpc) is 4.40. The molecule has 0 spiro atoms. The summed E-state index contributed by atoms with van der Waals surface area (Å²) in [7, 11) is 0. The van der Waals surface area contributed by atoms with E-state index >= 15 is 0 Å². The second kappa shape index (κ2) is 26.9. The highest BCUT2D eigenvalue weighted by molar-refractivity contribution is 7.25. The van der Waals surface area contributed by atoms with E-state index in [1.807, 2.05) is 45.3 Å². The van der Waals surface area contributed by atoms with E-state index in [-0.39, 0.29) is 0 Å². The molecule has 0 aliphatic rings. The summed E-state index contributed by atoms with van der Waals surface area (Å²) in [6, 6.07) is 54.9. The van der Waals surface area contributed by atoms with Gasteiger partial charge in [-0.25, -0.2) is 9.97 Å². The molecule has 0 saturated carbocycles. The largest absolute Gasteiger partial charge is 0.244 e. The van der Waals surface area contributed by atoms with Gasteiger partial charge in [-0.05, 0) is 140 Å². The van der Waals surface area contributed by atoms with E-state index in [0.717, 1.165) is 22.9 Å². The van der Waals surface area contributed by atoms with Gasteiger partial charge in [-0.3, -0.25) is 0 Å². The topological polar surface area (TPSA) is 25.8 Å². The molecule has 4 aromatic heterocycles. The van der Waals surface area contributed by atoms with Gasteiger partial charge in [0.15, 0.2) is 0 Å². The third kappa shape index (κ3) is 13.4. The molecule has 0 bridgehead atoms. The van der Waals surface area contributed by atoms with Crippen LogP contribution in [0.3, 0.4) is 0 Å². The molecule has 0 saturated heterocycles. The summed E-state index contributed by atoms with van der Waals surface area (Å²) in [5, 5.41) is 12.3. The van der Waals surface area contributed by atoms with E-state index in [4.69, 9.17) is 9.97 Å². The lowest BCUT2D eigenvalue weighted by Crippen LogP contribution is -1.89. The fourth-order valence-electron chi connectivity index (χ4n) is 11.5. The molecule has 0 unspecified atom stereocenters. The summed E-state index contributed by atoms with van der Waals surface area (Å²) in [5.74, 6) is 0. The first-order chi connectivity index (χ1) is 38.6. The molecule has 398 valence electrons. The Labute approximate surface area is 480 Å². The van der Waals surface area contributed by atoms with Crippen molar-refractivity contribution in [2.24, 2.45) is 0 Å². The molecule has 0 N–H and O–H groups in total. The highest BCUT2D eigenvalue weighted by Gasteiger charge is 2.19. The lowest BCUT2D eigenvalue weighted by atomic mass is 9.99. The normalized spacial score (nSPS) is 11.8. The van der Waals surface area contributed by atoms with Gasteiger partial charge < -0.3 is 0 Å². The van der Waals surface area contributed by atoms with Crippen LogP contribution in [0.1, 0.15) is 153 Å². The fourth-order valence-corrected chi connectivity index (χ4v) is 15.9. The number of aromatic nitrogens is 2. The standard InChI is InChI=1S/C72H76N2S4/c1-3-5-7-9-11-13-15-17-19-21-31-59-47-65(67-49-73-71(77-67)61-39-37-57-41-53-27-23-25-29-55(53)43-63(57)45-61)75-69(59)51-33-35-52(36-34-51)70-60(32-22-20-18-16-14-12-10-8-6-4-2)48-66(76-70)68-50-74-72(78-68)62-40-38-58-42-54-28-24-26-30-56(54)44-64(58)46-62/h23-30,33-50H,3-22,31-32H2,1-2H3. The van der Waals surface area contributed by atoms with Crippen molar-refractivity contribution in [2.75, 3.05) is 0 Å².